The average Bonchev–Trinajstić information content (AvgIpc) is 2.26. The molecule has 0 aromatic heterocycles. The number of anilines is 1. The van der Waals surface area contributed by atoms with Crippen LogP contribution in [0.2, 0.25) is 5.02 Å². The molecule has 1 aromatic carbocycles. The van der Waals surface area contributed by atoms with Crippen LogP contribution in [0, 0.1) is 5.92 Å². The molecule has 0 bridgehead atoms. The van der Waals surface area contributed by atoms with Gasteiger partial charge < -0.3 is 10.6 Å². The first-order valence-electron chi connectivity index (χ1n) is 6.59. The molecule has 1 rings (SSSR count). The van der Waals surface area contributed by atoms with Crippen molar-refractivity contribution >= 4 is 17.3 Å². The minimum absolute atomic E-state index is 0.166. The van der Waals surface area contributed by atoms with Crippen molar-refractivity contribution in [1.29, 1.82) is 0 Å². The summed E-state index contributed by atoms with van der Waals surface area (Å²) in [6.45, 7) is 8.67. The van der Waals surface area contributed by atoms with E-state index in [4.69, 9.17) is 17.3 Å². The van der Waals surface area contributed by atoms with Gasteiger partial charge in [-0.25, -0.2) is 0 Å². The molecule has 0 spiro atoms. The van der Waals surface area contributed by atoms with E-state index in [9.17, 15) is 0 Å². The third-order valence-corrected chi connectivity index (χ3v) is 3.83. The predicted molar refractivity (Wildman–Crippen MR) is 81.5 cm³/mol. The number of rotatable bonds is 5. The standard InChI is InChI=1S/C15H25ClN2/c1-10(2)12(4)18(5)15-7-6-13(8-11(3)17)9-14(15)16/h6-7,9-12H,8,17H2,1-5H3. The second kappa shape index (κ2) is 6.44. The van der Waals surface area contributed by atoms with E-state index >= 15 is 0 Å². The van der Waals surface area contributed by atoms with Crippen molar-refractivity contribution < 1.29 is 0 Å². The first kappa shape index (κ1) is 15.3. The average molecular weight is 269 g/mol. The fourth-order valence-electron chi connectivity index (χ4n) is 2.00. The monoisotopic (exact) mass is 268 g/mol. The molecule has 0 radical (unpaired) electrons. The van der Waals surface area contributed by atoms with Crippen LogP contribution in [0.15, 0.2) is 18.2 Å². The highest BCUT2D eigenvalue weighted by molar-refractivity contribution is 6.33. The number of nitrogens with two attached hydrogens (primary N) is 1. The van der Waals surface area contributed by atoms with Gasteiger partial charge in [-0.05, 0) is 43.9 Å². The van der Waals surface area contributed by atoms with Gasteiger partial charge in [0.2, 0.25) is 0 Å². The third-order valence-electron chi connectivity index (χ3n) is 3.53. The van der Waals surface area contributed by atoms with Gasteiger partial charge in [0.05, 0.1) is 10.7 Å². The SMILES string of the molecule is CC(N)Cc1ccc(N(C)C(C)C(C)C)c(Cl)c1. The molecule has 0 fully saturated rings. The zero-order valence-corrected chi connectivity index (χ0v) is 12.8. The molecule has 0 amide bonds. The van der Waals surface area contributed by atoms with Crippen LogP contribution in [0.25, 0.3) is 0 Å². The third kappa shape index (κ3) is 3.89. The lowest BCUT2D eigenvalue weighted by molar-refractivity contribution is 0.505. The van der Waals surface area contributed by atoms with E-state index in [-0.39, 0.29) is 6.04 Å². The summed E-state index contributed by atoms with van der Waals surface area (Å²) >= 11 is 6.37. The van der Waals surface area contributed by atoms with Crippen LogP contribution in [0.5, 0.6) is 0 Å². The number of hydrogen-bond donors (Lipinski definition) is 1. The van der Waals surface area contributed by atoms with Crippen molar-refractivity contribution in [3.63, 3.8) is 0 Å². The van der Waals surface area contributed by atoms with Crippen molar-refractivity contribution in [2.75, 3.05) is 11.9 Å². The zero-order chi connectivity index (χ0) is 13.9. The molecular formula is C15H25ClN2. The second-order valence-corrected chi connectivity index (χ2v) is 5.97. The van der Waals surface area contributed by atoms with E-state index in [1.165, 1.54) is 5.56 Å². The molecule has 0 saturated carbocycles. The van der Waals surface area contributed by atoms with E-state index in [0.717, 1.165) is 17.1 Å². The summed E-state index contributed by atoms with van der Waals surface area (Å²) in [7, 11) is 2.09. The predicted octanol–water partition coefficient (Wildman–Crippen LogP) is 3.71. The van der Waals surface area contributed by atoms with Crippen LogP contribution >= 0.6 is 11.6 Å². The molecule has 1 aromatic rings. The molecule has 0 saturated heterocycles. The maximum absolute atomic E-state index is 6.37. The highest BCUT2D eigenvalue weighted by atomic mass is 35.5. The van der Waals surface area contributed by atoms with Gasteiger partial charge in [-0.15, -0.1) is 0 Å². The number of benzene rings is 1. The molecule has 2 nitrogen and oxygen atoms in total. The van der Waals surface area contributed by atoms with Gasteiger partial charge in [0, 0.05) is 19.1 Å². The Balaban J connectivity index is 2.91. The molecule has 3 heteroatoms. The van der Waals surface area contributed by atoms with E-state index < -0.39 is 0 Å². The lowest BCUT2D eigenvalue weighted by atomic mass is 10.0. The van der Waals surface area contributed by atoms with Gasteiger partial charge in [-0.2, -0.15) is 0 Å². The van der Waals surface area contributed by atoms with Crippen molar-refractivity contribution in [1.82, 2.24) is 0 Å². The highest BCUT2D eigenvalue weighted by Crippen LogP contribution is 2.29. The molecular weight excluding hydrogens is 244 g/mol. The Labute approximate surface area is 116 Å². The Morgan fingerprint density at radius 1 is 1.22 bits per heavy atom. The fourth-order valence-corrected chi connectivity index (χ4v) is 2.34. The second-order valence-electron chi connectivity index (χ2n) is 5.56. The summed E-state index contributed by atoms with van der Waals surface area (Å²) in [5.41, 5.74) is 8.09. The summed E-state index contributed by atoms with van der Waals surface area (Å²) in [6.07, 6.45) is 0.865. The van der Waals surface area contributed by atoms with Gasteiger partial charge in [0.15, 0.2) is 0 Å². The number of nitrogens with zero attached hydrogens (tertiary/aromatic N) is 1. The largest absolute Gasteiger partial charge is 0.370 e. The van der Waals surface area contributed by atoms with Gasteiger partial charge in [0.1, 0.15) is 0 Å². The van der Waals surface area contributed by atoms with Crippen molar-refractivity contribution in [2.24, 2.45) is 11.7 Å². The van der Waals surface area contributed by atoms with Gasteiger partial charge >= 0.3 is 0 Å². The Bertz CT molecular complexity index is 388. The Morgan fingerprint density at radius 2 is 1.83 bits per heavy atom. The van der Waals surface area contributed by atoms with Crippen molar-refractivity contribution in [3.8, 4) is 0 Å². The van der Waals surface area contributed by atoms with Gasteiger partial charge in [0.25, 0.3) is 0 Å². The number of hydrogen-bond acceptors (Lipinski definition) is 2. The Morgan fingerprint density at radius 3 is 2.28 bits per heavy atom. The van der Waals surface area contributed by atoms with Crippen LogP contribution < -0.4 is 10.6 Å². The minimum Gasteiger partial charge on any atom is -0.370 e. The summed E-state index contributed by atoms with van der Waals surface area (Å²) in [5.74, 6) is 0.592. The van der Waals surface area contributed by atoms with E-state index in [1.807, 2.05) is 13.0 Å². The molecule has 102 valence electrons. The fraction of sp³-hybridized carbons (Fsp3) is 0.600. The Kier molecular flexibility index (Phi) is 5.48. The van der Waals surface area contributed by atoms with Gasteiger partial charge in [-0.3, -0.25) is 0 Å². The zero-order valence-electron chi connectivity index (χ0n) is 12.1. The van der Waals surface area contributed by atoms with E-state index in [0.29, 0.717) is 12.0 Å². The number of halogens is 1. The summed E-state index contributed by atoms with van der Waals surface area (Å²) in [6, 6.07) is 6.87. The van der Waals surface area contributed by atoms with Gasteiger partial charge in [-0.1, -0.05) is 31.5 Å². The topological polar surface area (TPSA) is 29.3 Å². The molecule has 2 atom stereocenters. The smallest absolute Gasteiger partial charge is 0.0642 e. The van der Waals surface area contributed by atoms with E-state index in [2.05, 4.69) is 44.9 Å². The first-order valence-corrected chi connectivity index (χ1v) is 6.97. The molecule has 2 N–H and O–H groups in total. The van der Waals surface area contributed by atoms with E-state index in [1.54, 1.807) is 0 Å². The van der Waals surface area contributed by atoms with Crippen LogP contribution in [-0.4, -0.2) is 19.1 Å². The van der Waals surface area contributed by atoms with Crippen molar-refractivity contribution in [3.05, 3.63) is 28.8 Å². The minimum atomic E-state index is 0.166. The molecule has 18 heavy (non-hydrogen) atoms. The lowest BCUT2D eigenvalue weighted by Crippen LogP contribution is -2.33. The summed E-state index contributed by atoms with van der Waals surface area (Å²) in [5, 5.41) is 0.808. The molecule has 2 unspecified atom stereocenters. The first-order chi connectivity index (χ1) is 8.32. The summed E-state index contributed by atoms with van der Waals surface area (Å²) in [4.78, 5) is 2.24. The maximum Gasteiger partial charge on any atom is 0.0642 e. The van der Waals surface area contributed by atoms with Crippen LogP contribution in [0.3, 0.4) is 0 Å². The highest BCUT2D eigenvalue weighted by Gasteiger charge is 2.16. The Hall–Kier alpha value is -0.730. The molecule has 0 aliphatic rings. The van der Waals surface area contributed by atoms with Crippen molar-refractivity contribution in [2.45, 2.75) is 46.2 Å². The maximum atomic E-state index is 6.37. The molecule has 0 aliphatic heterocycles. The normalized spacial score (nSPS) is 14.7. The summed E-state index contributed by atoms with van der Waals surface area (Å²) < 4.78 is 0. The van der Waals surface area contributed by atoms with Crippen LogP contribution in [-0.2, 0) is 6.42 Å². The van der Waals surface area contributed by atoms with Crippen LogP contribution in [0.4, 0.5) is 5.69 Å². The molecule has 0 aliphatic carbocycles. The lowest BCUT2D eigenvalue weighted by Gasteiger charge is -2.31. The quantitative estimate of drug-likeness (QED) is 0.882. The molecule has 0 heterocycles. The van der Waals surface area contributed by atoms with Crippen LogP contribution in [0.1, 0.15) is 33.3 Å².